The number of likely N-dealkylation sites (tertiary alicyclic amines) is 2. The molecule has 140 valence electrons. The van der Waals surface area contributed by atoms with Crippen molar-refractivity contribution in [3.8, 4) is 6.07 Å². The summed E-state index contributed by atoms with van der Waals surface area (Å²) in [6.45, 7) is 4.94. The zero-order chi connectivity index (χ0) is 18.8. The Kier molecular flexibility index (Phi) is 4.95. The van der Waals surface area contributed by atoms with Gasteiger partial charge in [0.15, 0.2) is 0 Å². The molecule has 2 aromatic rings. The van der Waals surface area contributed by atoms with Crippen molar-refractivity contribution in [2.75, 3.05) is 31.5 Å². The van der Waals surface area contributed by atoms with Gasteiger partial charge in [-0.3, -0.25) is 14.7 Å². The van der Waals surface area contributed by atoms with Gasteiger partial charge in [-0.15, -0.1) is 0 Å². The number of carbonyl (C=O) groups excluding carboxylic acids is 1. The summed E-state index contributed by atoms with van der Waals surface area (Å²) in [6, 6.07) is 10.8. The molecule has 6 heteroatoms. The van der Waals surface area contributed by atoms with Gasteiger partial charge in [-0.2, -0.15) is 5.26 Å². The van der Waals surface area contributed by atoms with Gasteiger partial charge >= 0.3 is 0 Å². The van der Waals surface area contributed by atoms with Crippen LogP contribution in [0.4, 0.5) is 5.69 Å². The number of fused-ring (bicyclic) bond motifs is 1. The van der Waals surface area contributed by atoms with E-state index < -0.39 is 0 Å². The normalized spacial score (nSPS) is 22.9. The zero-order valence-corrected chi connectivity index (χ0v) is 15.7. The number of anilines is 1. The Bertz CT molecular complexity index is 890. The van der Waals surface area contributed by atoms with E-state index in [2.05, 4.69) is 46.4 Å². The molecular formula is C21H25N5O. The number of amides is 1. The molecule has 2 aliphatic rings. The van der Waals surface area contributed by atoms with E-state index in [0.29, 0.717) is 12.6 Å². The number of pyridine rings is 1. The fourth-order valence-corrected chi connectivity index (χ4v) is 4.14. The minimum absolute atomic E-state index is 0.0898. The molecule has 1 aromatic carbocycles. The van der Waals surface area contributed by atoms with Gasteiger partial charge in [-0.25, -0.2) is 0 Å². The Hall–Kier alpha value is -2.65. The van der Waals surface area contributed by atoms with Crippen molar-refractivity contribution in [3.05, 3.63) is 36.0 Å². The molecule has 2 aliphatic heterocycles. The molecule has 2 fully saturated rings. The quantitative estimate of drug-likeness (QED) is 0.904. The maximum absolute atomic E-state index is 12.5. The third-order valence-electron chi connectivity index (χ3n) is 5.54. The minimum atomic E-state index is -0.233. The summed E-state index contributed by atoms with van der Waals surface area (Å²) in [7, 11) is 0. The lowest BCUT2D eigenvalue weighted by atomic mass is 10.1. The Balaban J connectivity index is 1.34. The Morgan fingerprint density at radius 3 is 3.07 bits per heavy atom. The molecule has 0 bridgehead atoms. The summed E-state index contributed by atoms with van der Waals surface area (Å²) in [4.78, 5) is 20.9. The number of aryl methyl sites for hydroxylation is 1. The first-order chi connectivity index (χ1) is 13.1. The minimum Gasteiger partial charge on any atom is -0.381 e. The van der Waals surface area contributed by atoms with Gasteiger partial charge in [0.1, 0.15) is 6.04 Å². The second-order valence-electron chi connectivity index (χ2n) is 7.66. The Morgan fingerprint density at radius 2 is 2.22 bits per heavy atom. The van der Waals surface area contributed by atoms with Gasteiger partial charge < -0.3 is 10.2 Å². The summed E-state index contributed by atoms with van der Waals surface area (Å²) in [5, 5.41) is 13.9. The van der Waals surface area contributed by atoms with Crippen LogP contribution in [-0.4, -0.2) is 59.0 Å². The predicted octanol–water partition coefficient (Wildman–Crippen LogP) is 2.54. The highest BCUT2D eigenvalue weighted by Gasteiger charge is 2.31. The topological polar surface area (TPSA) is 72.3 Å². The van der Waals surface area contributed by atoms with Crippen molar-refractivity contribution in [1.82, 2.24) is 14.8 Å². The van der Waals surface area contributed by atoms with Crippen LogP contribution in [0.25, 0.3) is 10.9 Å². The van der Waals surface area contributed by atoms with Crippen molar-refractivity contribution < 1.29 is 4.79 Å². The first-order valence-corrected chi connectivity index (χ1v) is 9.67. The van der Waals surface area contributed by atoms with E-state index in [9.17, 15) is 10.1 Å². The van der Waals surface area contributed by atoms with Crippen molar-refractivity contribution in [2.45, 2.75) is 38.3 Å². The predicted molar refractivity (Wildman–Crippen MR) is 105 cm³/mol. The first-order valence-electron chi connectivity index (χ1n) is 9.67. The van der Waals surface area contributed by atoms with Crippen LogP contribution < -0.4 is 5.32 Å². The first kappa shape index (κ1) is 17.7. The van der Waals surface area contributed by atoms with E-state index in [1.807, 2.05) is 12.3 Å². The van der Waals surface area contributed by atoms with E-state index in [1.54, 1.807) is 4.90 Å². The molecule has 2 saturated heterocycles. The highest BCUT2D eigenvalue weighted by atomic mass is 16.2. The van der Waals surface area contributed by atoms with Gasteiger partial charge in [-0.1, -0.05) is 0 Å². The molecule has 3 heterocycles. The summed E-state index contributed by atoms with van der Waals surface area (Å²) in [5.41, 5.74) is 3.25. The highest BCUT2D eigenvalue weighted by molar-refractivity contribution is 5.83. The number of carbonyl (C=O) groups is 1. The van der Waals surface area contributed by atoms with Crippen LogP contribution in [0.2, 0.25) is 0 Å². The third-order valence-corrected chi connectivity index (χ3v) is 5.54. The molecule has 0 aliphatic carbocycles. The molecule has 4 rings (SSSR count). The van der Waals surface area contributed by atoms with Crippen LogP contribution in [0.1, 0.15) is 24.8 Å². The van der Waals surface area contributed by atoms with Crippen LogP contribution >= 0.6 is 0 Å². The summed E-state index contributed by atoms with van der Waals surface area (Å²) >= 11 is 0. The molecule has 27 heavy (non-hydrogen) atoms. The van der Waals surface area contributed by atoms with Crippen LogP contribution in [-0.2, 0) is 4.79 Å². The molecule has 2 atom stereocenters. The Morgan fingerprint density at radius 1 is 1.33 bits per heavy atom. The molecular weight excluding hydrogens is 338 g/mol. The second kappa shape index (κ2) is 7.53. The molecule has 0 saturated carbocycles. The summed E-state index contributed by atoms with van der Waals surface area (Å²) < 4.78 is 0. The number of nitrogens with one attached hydrogen (secondary N) is 1. The lowest BCUT2D eigenvalue weighted by Crippen LogP contribution is -2.42. The molecule has 1 aromatic heterocycles. The fraction of sp³-hybridized carbons (Fsp3) is 0.476. The number of nitrogens with zero attached hydrogens (tertiary/aromatic N) is 4. The number of aromatic nitrogens is 1. The number of benzene rings is 1. The largest absolute Gasteiger partial charge is 0.381 e. The van der Waals surface area contributed by atoms with E-state index in [4.69, 9.17) is 0 Å². The number of hydrogen-bond acceptors (Lipinski definition) is 5. The third kappa shape index (κ3) is 3.88. The van der Waals surface area contributed by atoms with E-state index in [-0.39, 0.29) is 11.9 Å². The van der Waals surface area contributed by atoms with Gasteiger partial charge in [0.25, 0.3) is 0 Å². The van der Waals surface area contributed by atoms with Crippen molar-refractivity contribution in [2.24, 2.45) is 0 Å². The van der Waals surface area contributed by atoms with Gasteiger partial charge in [-0.05, 0) is 56.0 Å². The molecule has 0 radical (unpaired) electrons. The summed E-state index contributed by atoms with van der Waals surface area (Å²) in [6.07, 6.45) is 4.64. The monoisotopic (exact) mass is 363 g/mol. The molecule has 1 unspecified atom stereocenters. The number of hydrogen-bond donors (Lipinski definition) is 1. The average molecular weight is 363 g/mol. The Labute approximate surface area is 159 Å². The van der Waals surface area contributed by atoms with E-state index >= 15 is 0 Å². The van der Waals surface area contributed by atoms with E-state index in [1.165, 1.54) is 0 Å². The maximum atomic E-state index is 12.5. The van der Waals surface area contributed by atoms with Crippen molar-refractivity contribution >= 4 is 22.5 Å². The van der Waals surface area contributed by atoms with Crippen LogP contribution in [0.5, 0.6) is 0 Å². The second-order valence-corrected chi connectivity index (χ2v) is 7.66. The lowest BCUT2D eigenvalue weighted by molar-refractivity contribution is -0.132. The van der Waals surface area contributed by atoms with Crippen molar-refractivity contribution in [3.63, 3.8) is 0 Å². The average Bonchev–Trinajstić information content (AvgIpc) is 3.30. The highest BCUT2D eigenvalue weighted by Crippen LogP contribution is 2.22. The zero-order valence-electron chi connectivity index (χ0n) is 15.7. The SMILES string of the molecule is Cc1cnc2ccc(N[C@@H]3CCN(CC(=O)N4CCCC4C#N)C3)cc2c1. The van der Waals surface area contributed by atoms with Crippen LogP contribution in [0, 0.1) is 18.3 Å². The van der Waals surface area contributed by atoms with Crippen LogP contribution in [0.15, 0.2) is 30.5 Å². The van der Waals surface area contributed by atoms with Gasteiger partial charge in [0, 0.05) is 42.9 Å². The smallest absolute Gasteiger partial charge is 0.237 e. The standard InChI is InChI=1S/C21H25N5O/c1-15-9-16-10-17(4-5-20(16)23-12-15)24-18-6-8-25(13-18)14-21(27)26-7-2-3-19(26)11-22/h4-5,9-10,12,18-19,24H,2-3,6-8,13-14H2,1H3/t18-,19?/m1/s1. The lowest BCUT2D eigenvalue weighted by Gasteiger charge is -2.23. The molecule has 6 nitrogen and oxygen atoms in total. The maximum Gasteiger partial charge on any atom is 0.237 e. The van der Waals surface area contributed by atoms with Gasteiger partial charge in [0.05, 0.1) is 18.1 Å². The van der Waals surface area contributed by atoms with E-state index in [0.717, 1.165) is 61.1 Å². The fourth-order valence-electron chi connectivity index (χ4n) is 4.14. The molecule has 0 spiro atoms. The number of nitriles is 1. The van der Waals surface area contributed by atoms with Crippen LogP contribution in [0.3, 0.4) is 0 Å². The summed E-state index contributed by atoms with van der Waals surface area (Å²) in [5.74, 6) is 0.0898. The van der Waals surface area contributed by atoms with Gasteiger partial charge in [0.2, 0.25) is 5.91 Å². The molecule has 1 amide bonds. The molecule has 1 N–H and O–H groups in total. The van der Waals surface area contributed by atoms with Crippen molar-refractivity contribution in [1.29, 1.82) is 5.26 Å². The number of rotatable bonds is 4.